The maximum absolute atomic E-state index is 14.1. The van der Waals surface area contributed by atoms with Crippen LogP contribution in [0, 0.1) is 0 Å². The van der Waals surface area contributed by atoms with Gasteiger partial charge in [-0.1, -0.05) is 19.1 Å². The first-order valence-electron chi connectivity index (χ1n) is 8.92. The van der Waals surface area contributed by atoms with Crippen molar-refractivity contribution in [1.82, 2.24) is 0 Å². The molecule has 2 nitrogen and oxygen atoms in total. The minimum absolute atomic E-state index is 0.188. The van der Waals surface area contributed by atoms with E-state index in [1.807, 2.05) is 0 Å². The standard InChI is InChI=1S/C18H17F13O2/c1-3-8-33-11-6-4-10(5-7-11)12(32-2)9-13(19,20)14(21,22)15(23,24)16(25,26)17(27,28)18(29,30)31/h4-7,12H,3,8-9H2,1-2H3. The van der Waals surface area contributed by atoms with Crippen LogP contribution in [0.4, 0.5) is 57.1 Å². The Balaban J connectivity index is 3.30. The van der Waals surface area contributed by atoms with Gasteiger partial charge in [-0.15, -0.1) is 0 Å². The van der Waals surface area contributed by atoms with Crippen LogP contribution in [-0.2, 0) is 4.74 Å². The van der Waals surface area contributed by atoms with Crippen molar-refractivity contribution in [2.24, 2.45) is 0 Å². The van der Waals surface area contributed by atoms with E-state index in [9.17, 15) is 57.1 Å². The fourth-order valence-corrected chi connectivity index (χ4v) is 2.50. The summed E-state index contributed by atoms with van der Waals surface area (Å²) in [7, 11) is 0.658. The number of benzene rings is 1. The molecule has 0 aromatic heterocycles. The molecule has 15 heteroatoms. The molecule has 1 unspecified atom stereocenters. The van der Waals surface area contributed by atoms with Crippen LogP contribution >= 0.6 is 0 Å². The number of rotatable bonds is 11. The lowest BCUT2D eigenvalue weighted by Gasteiger charge is -2.40. The monoisotopic (exact) mass is 512 g/mol. The van der Waals surface area contributed by atoms with E-state index in [0.29, 0.717) is 13.5 Å². The molecule has 0 bridgehead atoms. The summed E-state index contributed by atoms with van der Waals surface area (Å²) in [6, 6.07) is 4.27. The number of methoxy groups -OCH3 is 1. The molecule has 1 atom stereocenters. The maximum atomic E-state index is 14.1. The van der Waals surface area contributed by atoms with E-state index < -0.39 is 48.3 Å². The zero-order valence-electron chi connectivity index (χ0n) is 16.7. The molecule has 0 saturated heterocycles. The van der Waals surface area contributed by atoms with Gasteiger partial charge in [0.2, 0.25) is 0 Å². The van der Waals surface area contributed by atoms with E-state index in [4.69, 9.17) is 4.74 Å². The van der Waals surface area contributed by atoms with Crippen molar-refractivity contribution in [1.29, 1.82) is 0 Å². The number of alkyl halides is 13. The highest BCUT2D eigenvalue weighted by molar-refractivity contribution is 5.29. The minimum Gasteiger partial charge on any atom is -0.494 e. The summed E-state index contributed by atoms with van der Waals surface area (Å²) in [5.74, 6) is -36.9. The third-order valence-electron chi connectivity index (χ3n) is 4.45. The molecule has 0 heterocycles. The highest BCUT2D eigenvalue weighted by atomic mass is 19.4. The summed E-state index contributed by atoms with van der Waals surface area (Å²) in [4.78, 5) is 0. The number of ether oxygens (including phenoxy) is 2. The summed E-state index contributed by atoms with van der Waals surface area (Å²) in [6.45, 7) is 1.99. The van der Waals surface area contributed by atoms with Crippen LogP contribution in [0.25, 0.3) is 0 Å². The topological polar surface area (TPSA) is 18.5 Å². The molecule has 1 rings (SSSR count). The Hall–Kier alpha value is -1.93. The number of halogens is 13. The summed E-state index contributed by atoms with van der Waals surface area (Å²) in [5, 5.41) is 0. The molecule has 1 aromatic rings. The zero-order chi connectivity index (χ0) is 26.1. The van der Waals surface area contributed by atoms with Gasteiger partial charge in [0.05, 0.1) is 12.7 Å². The summed E-state index contributed by atoms with van der Waals surface area (Å²) >= 11 is 0. The predicted molar refractivity (Wildman–Crippen MR) is 87.4 cm³/mol. The fourth-order valence-electron chi connectivity index (χ4n) is 2.50. The fraction of sp³-hybridized carbons (Fsp3) is 0.667. The Kier molecular flexibility index (Phi) is 8.27. The first kappa shape index (κ1) is 29.1. The van der Waals surface area contributed by atoms with Gasteiger partial charge in [-0.25, -0.2) is 0 Å². The lowest BCUT2D eigenvalue weighted by atomic mass is 9.90. The van der Waals surface area contributed by atoms with Crippen LogP contribution in [0.2, 0.25) is 0 Å². The van der Waals surface area contributed by atoms with Gasteiger partial charge in [0, 0.05) is 13.5 Å². The first-order valence-corrected chi connectivity index (χ1v) is 8.92. The van der Waals surface area contributed by atoms with E-state index in [1.165, 1.54) is 0 Å². The quantitative estimate of drug-likeness (QED) is 0.290. The largest absolute Gasteiger partial charge is 0.494 e. The summed E-state index contributed by atoms with van der Waals surface area (Å²) in [5.41, 5.74) is -0.354. The summed E-state index contributed by atoms with van der Waals surface area (Å²) in [6.07, 6.45) is -11.5. The highest BCUT2D eigenvalue weighted by Crippen LogP contribution is 2.61. The van der Waals surface area contributed by atoms with Gasteiger partial charge in [-0.2, -0.15) is 57.1 Å². The van der Waals surface area contributed by atoms with Crippen molar-refractivity contribution in [2.75, 3.05) is 13.7 Å². The molecule has 1 aromatic carbocycles. The van der Waals surface area contributed by atoms with E-state index in [0.717, 1.165) is 24.3 Å². The number of hydrogen-bond donors (Lipinski definition) is 0. The molecule has 0 spiro atoms. The molecule has 0 N–H and O–H groups in total. The normalized spacial score (nSPS) is 15.5. The van der Waals surface area contributed by atoms with Gasteiger partial charge in [-0.3, -0.25) is 0 Å². The third kappa shape index (κ3) is 5.11. The molecule has 0 aliphatic rings. The van der Waals surface area contributed by atoms with Crippen LogP contribution in [-0.4, -0.2) is 49.5 Å². The molecule has 0 amide bonds. The Bertz CT molecular complexity index is 773. The van der Waals surface area contributed by atoms with Crippen molar-refractivity contribution in [2.45, 2.75) is 61.7 Å². The van der Waals surface area contributed by atoms with Crippen molar-refractivity contribution < 1.29 is 66.5 Å². The molecular weight excluding hydrogens is 495 g/mol. The van der Waals surface area contributed by atoms with Gasteiger partial charge in [0.15, 0.2) is 0 Å². The van der Waals surface area contributed by atoms with Crippen LogP contribution < -0.4 is 4.74 Å². The van der Waals surface area contributed by atoms with Gasteiger partial charge in [0.25, 0.3) is 0 Å². The molecule has 0 aliphatic carbocycles. The second kappa shape index (κ2) is 9.37. The number of hydrogen-bond acceptors (Lipinski definition) is 2. The second-order valence-electron chi connectivity index (χ2n) is 6.85. The van der Waals surface area contributed by atoms with Crippen LogP contribution in [0.5, 0.6) is 5.75 Å². The van der Waals surface area contributed by atoms with E-state index in [-0.39, 0.29) is 17.9 Å². The smallest absolute Gasteiger partial charge is 0.460 e. The van der Waals surface area contributed by atoms with Gasteiger partial charge < -0.3 is 9.47 Å². The molecule has 192 valence electrons. The Morgan fingerprint density at radius 3 is 1.55 bits per heavy atom. The molecule has 33 heavy (non-hydrogen) atoms. The second-order valence-corrected chi connectivity index (χ2v) is 6.85. The lowest BCUT2D eigenvalue weighted by Crippen LogP contribution is -2.70. The highest BCUT2D eigenvalue weighted by Gasteiger charge is 2.90. The van der Waals surface area contributed by atoms with Crippen LogP contribution in [0.1, 0.15) is 31.4 Å². The Morgan fingerprint density at radius 2 is 1.15 bits per heavy atom. The zero-order valence-corrected chi connectivity index (χ0v) is 16.7. The first-order chi connectivity index (χ1) is 14.7. The van der Waals surface area contributed by atoms with Gasteiger partial charge >= 0.3 is 35.8 Å². The van der Waals surface area contributed by atoms with Gasteiger partial charge in [-0.05, 0) is 24.1 Å². The molecule has 0 aliphatic heterocycles. The van der Waals surface area contributed by atoms with E-state index >= 15 is 0 Å². The average Bonchev–Trinajstić information content (AvgIpc) is 2.69. The lowest BCUT2D eigenvalue weighted by molar-refractivity contribution is -0.440. The molecular formula is C18H17F13O2. The van der Waals surface area contributed by atoms with Crippen LogP contribution in [0.3, 0.4) is 0 Å². The summed E-state index contributed by atoms with van der Waals surface area (Å²) < 4.78 is 181. The molecule has 0 fully saturated rings. The Morgan fingerprint density at radius 1 is 0.697 bits per heavy atom. The average molecular weight is 512 g/mol. The molecule has 0 radical (unpaired) electrons. The van der Waals surface area contributed by atoms with Crippen LogP contribution in [0.15, 0.2) is 24.3 Å². The van der Waals surface area contributed by atoms with Crippen molar-refractivity contribution >= 4 is 0 Å². The third-order valence-corrected chi connectivity index (χ3v) is 4.45. The maximum Gasteiger partial charge on any atom is 0.460 e. The SMILES string of the molecule is CCCOc1ccc(C(CC(F)(F)C(F)(F)C(F)(F)C(F)(F)C(F)(F)C(F)(F)F)OC)cc1. The molecule has 0 saturated carbocycles. The van der Waals surface area contributed by atoms with E-state index in [1.54, 1.807) is 6.92 Å². The van der Waals surface area contributed by atoms with E-state index in [2.05, 4.69) is 4.74 Å². The minimum atomic E-state index is -7.92. The van der Waals surface area contributed by atoms with Gasteiger partial charge in [0.1, 0.15) is 5.75 Å². The predicted octanol–water partition coefficient (Wildman–Crippen LogP) is 7.29. The van der Waals surface area contributed by atoms with Crippen molar-refractivity contribution in [3.8, 4) is 5.75 Å². The van der Waals surface area contributed by atoms with Crippen molar-refractivity contribution in [3.05, 3.63) is 29.8 Å². The Labute approximate surface area is 178 Å². The van der Waals surface area contributed by atoms with Crippen molar-refractivity contribution in [3.63, 3.8) is 0 Å².